The monoisotopic (exact) mass is 403 g/mol. The van der Waals surface area contributed by atoms with E-state index < -0.39 is 0 Å². The summed E-state index contributed by atoms with van der Waals surface area (Å²) in [4.78, 5) is 13.0. The Morgan fingerprint density at radius 2 is 1.63 bits per heavy atom. The van der Waals surface area contributed by atoms with Crippen LogP contribution in [0.2, 0.25) is 0 Å². The maximum absolute atomic E-state index is 13.0. The van der Waals surface area contributed by atoms with E-state index in [1.54, 1.807) is 7.11 Å². The zero-order valence-corrected chi connectivity index (χ0v) is 17.8. The molecule has 3 aromatic carbocycles. The number of ether oxygens (including phenoxy) is 2. The van der Waals surface area contributed by atoms with Gasteiger partial charge in [-0.3, -0.25) is 4.79 Å². The molecule has 0 fully saturated rings. The van der Waals surface area contributed by atoms with Crippen molar-refractivity contribution in [3.8, 4) is 11.5 Å². The second-order valence-electron chi connectivity index (χ2n) is 7.73. The number of para-hydroxylation sites is 1. The Kier molecular flexibility index (Phi) is 7.50. The van der Waals surface area contributed by atoms with Crippen LogP contribution in [0.25, 0.3) is 0 Å². The van der Waals surface area contributed by atoms with Gasteiger partial charge in [-0.1, -0.05) is 56.3 Å². The highest BCUT2D eigenvalue weighted by atomic mass is 16.5. The molecule has 0 radical (unpaired) electrons. The molecular weight excluding hydrogens is 374 g/mol. The first kappa shape index (κ1) is 21.4. The van der Waals surface area contributed by atoms with Crippen LogP contribution in [0.4, 0.5) is 0 Å². The largest absolute Gasteiger partial charge is 0.497 e. The topological polar surface area (TPSA) is 47.6 Å². The van der Waals surface area contributed by atoms with Crippen LogP contribution >= 0.6 is 0 Å². The fraction of sp³-hybridized carbons (Fsp3) is 0.269. The van der Waals surface area contributed by atoms with Gasteiger partial charge in [-0.15, -0.1) is 0 Å². The van der Waals surface area contributed by atoms with Crippen molar-refractivity contribution in [1.29, 1.82) is 0 Å². The molecule has 0 aromatic heterocycles. The number of carbonyl (C=O) groups excluding carboxylic acids is 1. The zero-order chi connectivity index (χ0) is 21.3. The van der Waals surface area contributed by atoms with Crippen LogP contribution in [0.1, 0.15) is 47.8 Å². The summed E-state index contributed by atoms with van der Waals surface area (Å²) < 4.78 is 11.1. The van der Waals surface area contributed by atoms with Crippen molar-refractivity contribution in [2.45, 2.75) is 32.9 Å². The summed E-state index contributed by atoms with van der Waals surface area (Å²) in [5.41, 5.74) is 2.66. The van der Waals surface area contributed by atoms with Gasteiger partial charge in [0, 0.05) is 5.56 Å². The van der Waals surface area contributed by atoms with Gasteiger partial charge in [-0.25, -0.2) is 0 Å². The molecule has 1 N–H and O–H groups in total. The fourth-order valence-corrected chi connectivity index (χ4v) is 3.31. The van der Waals surface area contributed by atoms with E-state index in [4.69, 9.17) is 9.47 Å². The van der Waals surface area contributed by atoms with E-state index in [1.165, 1.54) is 0 Å². The number of hydrogen-bond acceptors (Lipinski definition) is 3. The first-order chi connectivity index (χ1) is 14.5. The van der Waals surface area contributed by atoms with E-state index >= 15 is 0 Å². The summed E-state index contributed by atoms with van der Waals surface area (Å²) in [6.45, 7) is 4.73. The second kappa shape index (κ2) is 10.5. The van der Waals surface area contributed by atoms with E-state index in [2.05, 4.69) is 19.2 Å². The summed E-state index contributed by atoms with van der Waals surface area (Å²) in [5.74, 6) is 1.98. The minimum absolute atomic E-state index is 0.0624. The molecule has 1 amide bonds. The number of amides is 1. The van der Waals surface area contributed by atoms with Gasteiger partial charge >= 0.3 is 0 Å². The van der Waals surface area contributed by atoms with Crippen molar-refractivity contribution < 1.29 is 14.3 Å². The Hall–Kier alpha value is -3.27. The van der Waals surface area contributed by atoms with Gasteiger partial charge in [-0.2, -0.15) is 0 Å². The molecule has 30 heavy (non-hydrogen) atoms. The molecule has 3 aromatic rings. The van der Waals surface area contributed by atoms with Gasteiger partial charge in [0.05, 0.1) is 13.2 Å². The predicted molar refractivity (Wildman–Crippen MR) is 120 cm³/mol. The zero-order valence-electron chi connectivity index (χ0n) is 17.8. The fourth-order valence-electron chi connectivity index (χ4n) is 3.31. The summed E-state index contributed by atoms with van der Waals surface area (Å²) in [6, 6.07) is 25.1. The third kappa shape index (κ3) is 6.11. The van der Waals surface area contributed by atoms with Crippen molar-refractivity contribution in [2.24, 2.45) is 5.92 Å². The molecule has 4 heteroatoms. The normalized spacial score (nSPS) is 11.7. The van der Waals surface area contributed by atoms with Crippen molar-refractivity contribution in [3.63, 3.8) is 0 Å². The van der Waals surface area contributed by atoms with E-state index in [-0.39, 0.29) is 11.9 Å². The minimum Gasteiger partial charge on any atom is -0.497 e. The smallest absolute Gasteiger partial charge is 0.251 e. The van der Waals surface area contributed by atoms with Crippen LogP contribution in [0.15, 0.2) is 78.9 Å². The van der Waals surface area contributed by atoms with Crippen LogP contribution in [0.5, 0.6) is 11.5 Å². The lowest BCUT2D eigenvalue weighted by molar-refractivity contribution is 0.0932. The van der Waals surface area contributed by atoms with Crippen molar-refractivity contribution >= 4 is 5.91 Å². The predicted octanol–water partition coefficient (Wildman–Crippen LogP) is 5.79. The van der Waals surface area contributed by atoms with E-state index in [9.17, 15) is 4.79 Å². The second-order valence-corrected chi connectivity index (χ2v) is 7.73. The molecule has 1 atom stereocenters. The number of rotatable bonds is 9. The molecule has 156 valence electrons. The summed E-state index contributed by atoms with van der Waals surface area (Å²) in [7, 11) is 1.65. The number of nitrogens with one attached hydrogen (secondary N) is 1. The molecule has 0 saturated carbocycles. The Labute approximate surface area is 178 Å². The average molecular weight is 404 g/mol. The van der Waals surface area contributed by atoms with Crippen molar-refractivity contribution in [1.82, 2.24) is 5.32 Å². The highest BCUT2D eigenvalue weighted by molar-refractivity contribution is 5.94. The molecule has 0 aliphatic carbocycles. The molecule has 4 nitrogen and oxygen atoms in total. The van der Waals surface area contributed by atoms with E-state index in [0.29, 0.717) is 18.1 Å². The van der Waals surface area contributed by atoms with Gasteiger partial charge in [0.25, 0.3) is 5.91 Å². The molecule has 0 aliphatic rings. The van der Waals surface area contributed by atoms with Crippen LogP contribution in [-0.4, -0.2) is 13.0 Å². The molecule has 1 unspecified atom stereocenters. The van der Waals surface area contributed by atoms with E-state index in [0.717, 1.165) is 29.0 Å². The van der Waals surface area contributed by atoms with Crippen molar-refractivity contribution in [2.75, 3.05) is 7.11 Å². The van der Waals surface area contributed by atoms with Crippen LogP contribution < -0.4 is 14.8 Å². The number of hydrogen-bond donors (Lipinski definition) is 1. The number of carbonyl (C=O) groups is 1. The molecule has 0 spiro atoms. The molecule has 0 heterocycles. The Bertz CT molecular complexity index is 936. The third-order valence-corrected chi connectivity index (χ3v) is 4.87. The SMILES string of the molecule is COc1ccc(C(CC(C)C)NC(=O)c2cccc(COc3ccccc3)c2)cc1. The lowest BCUT2D eigenvalue weighted by Crippen LogP contribution is -2.29. The van der Waals surface area contributed by atoms with Crippen LogP contribution in [0, 0.1) is 5.92 Å². The number of benzene rings is 3. The van der Waals surface area contributed by atoms with Gasteiger partial charge in [0.1, 0.15) is 18.1 Å². The molecule has 0 bridgehead atoms. The standard InChI is InChI=1S/C26H29NO3/c1-19(2)16-25(21-12-14-23(29-3)15-13-21)27-26(28)22-9-7-8-20(17-22)18-30-24-10-5-4-6-11-24/h4-15,17,19,25H,16,18H2,1-3H3,(H,27,28). The molecular formula is C26H29NO3. The quantitative estimate of drug-likeness (QED) is 0.492. The first-order valence-corrected chi connectivity index (χ1v) is 10.3. The molecule has 0 saturated heterocycles. The Morgan fingerprint density at radius 3 is 2.30 bits per heavy atom. The molecule has 0 aliphatic heterocycles. The number of methoxy groups -OCH3 is 1. The van der Waals surface area contributed by atoms with Crippen LogP contribution in [0.3, 0.4) is 0 Å². The third-order valence-electron chi connectivity index (χ3n) is 4.87. The average Bonchev–Trinajstić information content (AvgIpc) is 2.78. The summed E-state index contributed by atoms with van der Waals surface area (Å²) in [5, 5.41) is 3.20. The maximum atomic E-state index is 13.0. The van der Waals surface area contributed by atoms with Gasteiger partial charge < -0.3 is 14.8 Å². The summed E-state index contributed by atoms with van der Waals surface area (Å²) in [6.07, 6.45) is 0.856. The highest BCUT2D eigenvalue weighted by Gasteiger charge is 2.17. The lowest BCUT2D eigenvalue weighted by atomic mass is 9.96. The van der Waals surface area contributed by atoms with Gasteiger partial charge in [0.2, 0.25) is 0 Å². The first-order valence-electron chi connectivity index (χ1n) is 10.3. The van der Waals surface area contributed by atoms with Crippen molar-refractivity contribution in [3.05, 3.63) is 95.6 Å². The summed E-state index contributed by atoms with van der Waals surface area (Å²) >= 11 is 0. The lowest BCUT2D eigenvalue weighted by Gasteiger charge is -2.21. The van der Waals surface area contributed by atoms with E-state index in [1.807, 2.05) is 78.9 Å². The minimum atomic E-state index is -0.0852. The van der Waals surface area contributed by atoms with Crippen LogP contribution in [-0.2, 0) is 6.61 Å². The maximum Gasteiger partial charge on any atom is 0.251 e. The molecule has 3 rings (SSSR count). The Morgan fingerprint density at radius 1 is 0.900 bits per heavy atom. The highest BCUT2D eigenvalue weighted by Crippen LogP contribution is 2.24. The van der Waals surface area contributed by atoms with Gasteiger partial charge in [0.15, 0.2) is 0 Å². The Balaban J connectivity index is 1.70. The van der Waals surface area contributed by atoms with Gasteiger partial charge in [-0.05, 0) is 59.9 Å².